The standard InChI is InChI=1S/C18H14ClN5O/c19-16-5-1-4-15(23-16)18(25)24-8-6-14-13(10-24)17(22-11-21-14)12-3-2-7-20-9-12/h1-5,7,9,11H,6,8,10H2. The van der Waals surface area contributed by atoms with E-state index in [1.54, 1.807) is 41.8 Å². The maximum absolute atomic E-state index is 12.8. The molecule has 4 rings (SSSR count). The molecule has 0 atom stereocenters. The second-order valence-electron chi connectivity index (χ2n) is 5.71. The lowest BCUT2D eigenvalue weighted by Gasteiger charge is -2.29. The first-order chi connectivity index (χ1) is 12.2. The molecule has 124 valence electrons. The van der Waals surface area contributed by atoms with Gasteiger partial charge in [0, 0.05) is 43.0 Å². The van der Waals surface area contributed by atoms with Crippen LogP contribution in [0.3, 0.4) is 0 Å². The normalized spacial score (nSPS) is 13.4. The number of pyridine rings is 2. The zero-order valence-electron chi connectivity index (χ0n) is 13.3. The Hall–Kier alpha value is -2.86. The van der Waals surface area contributed by atoms with E-state index in [1.165, 1.54) is 0 Å². The van der Waals surface area contributed by atoms with E-state index in [9.17, 15) is 4.79 Å². The molecule has 0 N–H and O–H groups in total. The van der Waals surface area contributed by atoms with E-state index in [1.807, 2.05) is 12.1 Å². The molecule has 3 aromatic rings. The Kier molecular flexibility index (Phi) is 4.11. The number of halogens is 1. The molecule has 1 aliphatic rings. The molecule has 0 saturated carbocycles. The van der Waals surface area contributed by atoms with Gasteiger partial charge in [0.25, 0.3) is 5.91 Å². The summed E-state index contributed by atoms with van der Waals surface area (Å²) in [5.41, 5.74) is 4.00. The van der Waals surface area contributed by atoms with Gasteiger partial charge in [-0.25, -0.2) is 15.0 Å². The molecule has 6 nitrogen and oxygen atoms in total. The summed E-state index contributed by atoms with van der Waals surface area (Å²) in [5, 5.41) is 0.308. The quantitative estimate of drug-likeness (QED) is 0.664. The molecule has 0 radical (unpaired) electrons. The van der Waals surface area contributed by atoms with Crippen LogP contribution in [0.5, 0.6) is 0 Å². The summed E-state index contributed by atoms with van der Waals surface area (Å²) in [6.45, 7) is 1.02. The second kappa shape index (κ2) is 6.57. The van der Waals surface area contributed by atoms with Gasteiger partial charge in [0.15, 0.2) is 0 Å². The molecule has 0 spiro atoms. The van der Waals surface area contributed by atoms with Gasteiger partial charge in [-0.05, 0) is 24.3 Å². The van der Waals surface area contributed by atoms with Crippen LogP contribution in [-0.4, -0.2) is 37.3 Å². The minimum atomic E-state index is -0.144. The molecule has 3 aromatic heterocycles. The molecule has 0 aromatic carbocycles. The molecular formula is C18H14ClN5O. The van der Waals surface area contributed by atoms with Gasteiger partial charge >= 0.3 is 0 Å². The topological polar surface area (TPSA) is 71.9 Å². The molecule has 4 heterocycles. The number of hydrogen-bond donors (Lipinski definition) is 0. The van der Waals surface area contributed by atoms with Gasteiger partial charge in [0.1, 0.15) is 17.2 Å². The van der Waals surface area contributed by atoms with Crippen molar-refractivity contribution in [3.8, 4) is 11.3 Å². The van der Waals surface area contributed by atoms with E-state index in [-0.39, 0.29) is 5.91 Å². The highest BCUT2D eigenvalue weighted by Gasteiger charge is 2.26. The Morgan fingerprint density at radius 1 is 1.16 bits per heavy atom. The summed E-state index contributed by atoms with van der Waals surface area (Å²) < 4.78 is 0. The fourth-order valence-corrected chi connectivity index (χ4v) is 3.12. The fraction of sp³-hybridized carbons (Fsp3) is 0.167. The third-order valence-corrected chi connectivity index (χ3v) is 4.37. The van der Waals surface area contributed by atoms with Crippen LogP contribution in [0.15, 0.2) is 49.1 Å². The van der Waals surface area contributed by atoms with Crippen molar-refractivity contribution in [3.05, 3.63) is 71.2 Å². The molecule has 0 unspecified atom stereocenters. The summed E-state index contributed by atoms with van der Waals surface area (Å²) in [6, 6.07) is 8.87. The van der Waals surface area contributed by atoms with Crippen molar-refractivity contribution in [2.45, 2.75) is 13.0 Å². The monoisotopic (exact) mass is 351 g/mol. The average Bonchev–Trinajstić information content (AvgIpc) is 2.67. The van der Waals surface area contributed by atoms with Crippen LogP contribution < -0.4 is 0 Å². The Balaban J connectivity index is 1.68. The largest absolute Gasteiger partial charge is 0.332 e. The molecule has 0 fully saturated rings. The Labute approximate surface area is 149 Å². The van der Waals surface area contributed by atoms with Crippen molar-refractivity contribution in [2.75, 3.05) is 6.54 Å². The number of rotatable bonds is 2. The van der Waals surface area contributed by atoms with Crippen molar-refractivity contribution in [2.24, 2.45) is 0 Å². The molecule has 7 heteroatoms. The lowest BCUT2D eigenvalue weighted by Crippen LogP contribution is -2.37. The van der Waals surface area contributed by atoms with E-state index < -0.39 is 0 Å². The smallest absolute Gasteiger partial charge is 0.272 e. The van der Waals surface area contributed by atoms with Crippen molar-refractivity contribution in [1.82, 2.24) is 24.8 Å². The first-order valence-electron chi connectivity index (χ1n) is 7.87. The van der Waals surface area contributed by atoms with E-state index in [2.05, 4.69) is 19.9 Å². The fourth-order valence-electron chi connectivity index (χ4n) is 2.96. The van der Waals surface area contributed by atoms with E-state index in [4.69, 9.17) is 11.6 Å². The number of fused-ring (bicyclic) bond motifs is 1. The zero-order valence-corrected chi connectivity index (χ0v) is 14.0. The maximum Gasteiger partial charge on any atom is 0.272 e. The number of amides is 1. The van der Waals surface area contributed by atoms with Crippen LogP contribution in [0, 0.1) is 0 Å². The predicted octanol–water partition coefficient (Wildman–Crippen LogP) is 2.79. The van der Waals surface area contributed by atoms with Gasteiger partial charge in [-0.2, -0.15) is 0 Å². The minimum absolute atomic E-state index is 0.144. The first-order valence-corrected chi connectivity index (χ1v) is 8.25. The lowest BCUT2D eigenvalue weighted by atomic mass is 10.00. The summed E-state index contributed by atoms with van der Waals surface area (Å²) in [6.07, 6.45) is 5.73. The molecule has 0 saturated heterocycles. The van der Waals surface area contributed by atoms with E-state index >= 15 is 0 Å². The lowest BCUT2D eigenvalue weighted by molar-refractivity contribution is 0.0727. The van der Waals surface area contributed by atoms with Crippen LogP contribution in [0.4, 0.5) is 0 Å². The van der Waals surface area contributed by atoms with Crippen molar-refractivity contribution in [3.63, 3.8) is 0 Å². The molecule has 1 aliphatic heterocycles. The molecule has 0 aliphatic carbocycles. The third-order valence-electron chi connectivity index (χ3n) is 4.16. The highest BCUT2D eigenvalue weighted by atomic mass is 35.5. The van der Waals surface area contributed by atoms with Gasteiger partial charge in [-0.15, -0.1) is 0 Å². The van der Waals surface area contributed by atoms with Crippen molar-refractivity contribution >= 4 is 17.5 Å². The Morgan fingerprint density at radius 3 is 2.88 bits per heavy atom. The molecular weight excluding hydrogens is 338 g/mol. The summed E-state index contributed by atoms with van der Waals surface area (Å²) in [5.74, 6) is -0.144. The van der Waals surface area contributed by atoms with E-state index in [0.29, 0.717) is 30.4 Å². The van der Waals surface area contributed by atoms with Gasteiger partial charge in [-0.3, -0.25) is 9.78 Å². The highest BCUT2D eigenvalue weighted by Crippen LogP contribution is 2.27. The van der Waals surface area contributed by atoms with Gasteiger partial charge in [0.05, 0.1) is 11.4 Å². The average molecular weight is 352 g/mol. The number of aromatic nitrogens is 4. The predicted molar refractivity (Wildman–Crippen MR) is 93.0 cm³/mol. The van der Waals surface area contributed by atoms with Gasteiger partial charge in [0.2, 0.25) is 0 Å². The van der Waals surface area contributed by atoms with Crippen LogP contribution in [-0.2, 0) is 13.0 Å². The van der Waals surface area contributed by atoms with Crippen molar-refractivity contribution < 1.29 is 4.79 Å². The molecule has 25 heavy (non-hydrogen) atoms. The van der Waals surface area contributed by atoms with Crippen LogP contribution in [0.2, 0.25) is 5.15 Å². The summed E-state index contributed by atoms with van der Waals surface area (Å²) in [4.78, 5) is 31.6. The van der Waals surface area contributed by atoms with Crippen LogP contribution >= 0.6 is 11.6 Å². The number of nitrogens with zero attached hydrogens (tertiary/aromatic N) is 5. The first kappa shape index (κ1) is 15.7. The summed E-state index contributed by atoms with van der Waals surface area (Å²) >= 11 is 5.91. The van der Waals surface area contributed by atoms with Crippen LogP contribution in [0.25, 0.3) is 11.3 Å². The molecule has 0 bridgehead atoms. The Morgan fingerprint density at radius 2 is 2.08 bits per heavy atom. The van der Waals surface area contributed by atoms with E-state index in [0.717, 1.165) is 22.5 Å². The highest BCUT2D eigenvalue weighted by molar-refractivity contribution is 6.29. The van der Waals surface area contributed by atoms with Crippen LogP contribution in [0.1, 0.15) is 21.7 Å². The van der Waals surface area contributed by atoms with Gasteiger partial charge < -0.3 is 4.90 Å². The SMILES string of the molecule is O=C(c1cccc(Cl)n1)N1CCc2ncnc(-c3cccnc3)c2C1. The third kappa shape index (κ3) is 3.08. The maximum atomic E-state index is 12.8. The minimum Gasteiger partial charge on any atom is -0.332 e. The zero-order chi connectivity index (χ0) is 17.2. The Bertz CT molecular complexity index is 932. The number of hydrogen-bond acceptors (Lipinski definition) is 5. The molecule has 1 amide bonds. The second-order valence-corrected chi connectivity index (χ2v) is 6.10. The van der Waals surface area contributed by atoms with Gasteiger partial charge in [-0.1, -0.05) is 17.7 Å². The number of carbonyl (C=O) groups excluding carboxylic acids is 1. The van der Waals surface area contributed by atoms with Crippen molar-refractivity contribution in [1.29, 1.82) is 0 Å². The number of carbonyl (C=O) groups is 1. The summed E-state index contributed by atoms with van der Waals surface area (Å²) in [7, 11) is 0.